The zero-order chi connectivity index (χ0) is 18.5. The van der Waals surface area contributed by atoms with Crippen LogP contribution in [0, 0.1) is 6.92 Å². The fourth-order valence-corrected chi connectivity index (χ4v) is 3.63. The summed E-state index contributed by atoms with van der Waals surface area (Å²) < 4.78 is 5.82. The van der Waals surface area contributed by atoms with E-state index in [2.05, 4.69) is 30.4 Å². The highest BCUT2D eigenvalue weighted by molar-refractivity contribution is 5.81. The molecule has 0 saturated heterocycles. The maximum absolute atomic E-state index is 12.6. The predicted octanol–water partition coefficient (Wildman–Crippen LogP) is 4.91. The molecule has 1 amide bonds. The van der Waals surface area contributed by atoms with Crippen LogP contribution >= 0.6 is 0 Å². The topological polar surface area (TPSA) is 38.3 Å². The number of carbonyl (C=O) groups excluding carboxylic acids is 1. The molecule has 1 N–H and O–H groups in total. The molecular weight excluding hydrogens is 322 g/mol. The summed E-state index contributed by atoms with van der Waals surface area (Å²) in [5, 5.41) is 3.16. The Hall–Kier alpha value is -2.29. The Morgan fingerprint density at radius 1 is 1.12 bits per heavy atom. The van der Waals surface area contributed by atoms with E-state index < -0.39 is 6.10 Å². The summed E-state index contributed by atoms with van der Waals surface area (Å²) in [7, 11) is 0. The molecule has 138 valence electrons. The average molecular weight is 351 g/mol. The van der Waals surface area contributed by atoms with E-state index in [-0.39, 0.29) is 11.9 Å². The van der Waals surface area contributed by atoms with Gasteiger partial charge in [0.1, 0.15) is 5.75 Å². The molecule has 2 atom stereocenters. The van der Waals surface area contributed by atoms with Gasteiger partial charge in [-0.05, 0) is 80.3 Å². The fraction of sp³-hybridized carbons (Fsp3) is 0.435. The van der Waals surface area contributed by atoms with Crippen molar-refractivity contribution >= 4 is 5.91 Å². The highest BCUT2D eigenvalue weighted by Gasteiger charge is 2.20. The summed E-state index contributed by atoms with van der Waals surface area (Å²) in [6.45, 7) is 5.93. The molecule has 0 aromatic heterocycles. The second kappa shape index (κ2) is 8.39. The van der Waals surface area contributed by atoms with Crippen LogP contribution in [-0.4, -0.2) is 12.0 Å². The lowest BCUT2D eigenvalue weighted by Gasteiger charge is -2.23. The van der Waals surface area contributed by atoms with Crippen molar-refractivity contribution in [2.24, 2.45) is 0 Å². The van der Waals surface area contributed by atoms with Crippen molar-refractivity contribution in [3.8, 4) is 5.75 Å². The molecule has 0 heterocycles. The van der Waals surface area contributed by atoms with Crippen LogP contribution in [-0.2, 0) is 17.6 Å². The van der Waals surface area contributed by atoms with Crippen LogP contribution < -0.4 is 10.1 Å². The molecule has 0 spiro atoms. The number of rotatable bonds is 6. The van der Waals surface area contributed by atoms with E-state index in [1.54, 1.807) is 6.92 Å². The quantitative estimate of drug-likeness (QED) is 0.803. The van der Waals surface area contributed by atoms with Gasteiger partial charge in [0.2, 0.25) is 0 Å². The van der Waals surface area contributed by atoms with Crippen LogP contribution in [0.15, 0.2) is 42.5 Å². The van der Waals surface area contributed by atoms with Crippen molar-refractivity contribution in [3.63, 3.8) is 0 Å². The van der Waals surface area contributed by atoms with E-state index >= 15 is 0 Å². The second-order valence-electron chi connectivity index (χ2n) is 7.28. The SMILES string of the molecule is CCC(NC(=O)C(C)Oc1cccc(C)c1)c1ccc2c(c1)CCCC2. The van der Waals surface area contributed by atoms with Crippen molar-refractivity contribution in [2.45, 2.75) is 65.0 Å². The number of nitrogens with one attached hydrogen (secondary N) is 1. The Morgan fingerprint density at radius 3 is 2.62 bits per heavy atom. The summed E-state index contributed by atoms with van der Waals surface area (Å²) in [6.07, 6.45) is 5.22. The second-order valence-corrected chi connectivity index (χ2v) is 7.28. The third-order valence-corrected chi connectivity index (χ3v) is 5.17. The standard InChI is InChI=1S/C23H29NO2/c1-4-22(20-13-12-18-9-5-6-10-19(18)15-20)24-23(25)17(3)26-21-11-7-8-16(2)14-21/h7-8,11-15,17,22H,4-6,9-10H2,1-3H3,(H,24,25). The summed E-state index contributed by atoms with van der Waals surface area (Å²) in [6, 6.07) is 14.5. The minimum atomic E-state index is -0.525. The maximum Gasteiger partial charge on any atom is 0.261 e. The Morgan fingerprint density at radius 2 is 1.88 bits per heavy atom. The molecule has 1 aliphatic carbocycles. The lowest BCUT2D eigenvalue weighted by atomic mass is 9.89. The van der Waals surface area contributed by atoms with Gasteiger partial charge in [0.15, 0.2) is 6.10 Å². The zero-order valence-corrected chi connectivity index (χ0v) is 16.0. The molecule has 3 nitrogen and oxygen atoms in total. The average Bonchev–Trinajstić information content (AvgIpc) is 2.65. The minimum absolute atomic E-state index is 0.0262. The Balaban J connectivity index is 1.66. The number of ether oxygens (including phenoxy) is 1. The van der Waals surface area contributed by atoms with Crippen molar-refractivity contribution in [1.82, 2.24) is 5.32 Å². The van der Waals surface area contributed by atoms with Gasteiger partial charge in [-0.25, -0.2) is 0 Å². The highest BCUT2D eigenvalue weighted by atomic mass is 16.5. The maximum atomic E-state index is 12.6. The van der Waals surface area contributed by atoms with Gasteiger partial charge in [-0.15, -0.1) is 0 Å². The van der Waals surface area contributed by atoms with E-state index in [1.807, 2.05) is 31.2 Å². The summed E-state index contributed by atoms with van der Waals surface area (Å²) in [5.41, 5.74) is 5.24. The first-order valence-corrected chi connectivity index (χ1v) is 9.72. The first-order valence-electron chi connectivity index (χ1n) is 9.72. The van der Waals surface area contributed by atoms with Gasteiger partial charge in [-0.1, -0.05) is 37.3 Å². The van der Waals surface area contributed by atoms with Crippen LogP contribution in [0.2, 0.25) is 0 Å². The summed E-state index contributed by atoms with van der Waals surface area (Å²) in [5.74, 6) is 0.658. The number of hydrogen-bond donors (Lipinski definition) is 1. The van der Waals surface area contributed by atoms with Crippen LogP contribution in [0.4, 0.5) is 0 Å². The van der Waals surface area contributed by atoms with E-state index in [4.69, 9.17) is 4.74 Å². The number of hydrogen-bond acceptors (Lipinski definition) is 2. The Kier molecular flexibility index (Phi) is 5.97. The molecule has 2 aromatic carbocycles. The first-order chi connectivity index (χ1) is 12.6. The number of aryl methyl sites for hydroxylation is 3. The molecule has 2 aromatic rings. The van der Waals surface area contributed by atoms with E-state index in [9.17, 15) is 4.79 Å². The smallest absolute Gasteiger partial charge is 0.261 e. The molecule has 0 radical (unpaired) electrons. The minimum Gasteiger partial charge on any atom is -0.481 e. The van der Waals surface area contributed by atoms with Gasteiger partial charge in [0.05, 0.1) is 6.04 Å². The van der Waals surface area contributed by atoms with Gasteiger partial charge >= 0.3 is 0 Å². The predicted molar refractivity (Wildman–Crippen MR) is 106 cm³/mol. The molecule has 1 aliphatic rings. The van der Waals surface area contributed by atoms with E-state index in [1.165, 1.54) is 36.0 Å². The summed E-state index contributed by atoms with van der Waals surface area (Å²) >= 11 is 0. The molecule has 3 rings (SSSR count). The van der Waals surface area contributed by atoms with Crippen LogP contribution in [0.1, 0.15) is 61.4 Å². The monoisotopic (exact) mass is 351 g/mol. The lowest BCUT2D eigenvalue weighted by molar-refractivity contribution is -0.128. The van der Waals surface area contributed by atoms with Crippen molar-refractivity contribution in [1.29, 1.82) is 0 Å². The molecular formula is C23H29NO2. The molecule has 3 heteroatoms. The van der Waals surface area contributed by atoms with Crippen molar-refractivity contribution in [2.75, 3.05) is 0 Å². The molecule has 0 fully saturated rings. The summed E-state index contributed by atoms with van der Waals surface area (Å²) in [4.78, 5) is 12.6. The van der Waals surface area contributed by atoms with Crippen LogP contribution in [0.5, 0.6) is 5.75 Å². The van der Waals surface area contributed by atoms with Crippen molar-refractivity contribution in [3.05, 3.63) is 64.7 Å². The molecule has 0 aliphatic heterocycles. The van der Waals surface area contributed by atoms with Gasteiger partial charge in [0, 0.05) is 0 Å². The number of carbonyl (C=O) groups is 1. The number of benzene rings is 2. The lowest BCUT2D eigenvalue weighted by Crippen LogP contribution is -2.38. The molecule has 0 bridgehead atoms. The van der Waals surface area contributed by atoms with Gasteiger partial charge in [0.25, 0.3) is 5.91 Å². The number of amides is 1. The molecule has 2 unspecified atom stereocenters. The Bertz CT molecular complexity index is 769. The van der Waals surface area contributed by atoms with Gasteiger partial charge in [-0.2, -0.15) is 0 Å². The van der Waals surface area contributed by atoms with E-state index in [0.29, 0.717) is 0 Å². The fourth-order valence-electron chi connectivity index (χ4n) is 3.63. The molecule has 0 saturated carbocycles. The largest absolute Gasteiger partial charge is 0.481 e. The van der Waals surface area contributed by atoms with Gasteiger partial charge in [-0.3, -0.25) is 4.79 Å². The highest BCUT2D eigenvalue weighted by Crippen LogP contribution is 2.26. The third kappa shape index (κ3) is 4.46. The van der Waals surface area contributed by atoms with Gasteiger partial charge < -0.3 is 10.1 Å². The van der Waals surface area contributed by atoms with E-state index in [0.717, 1.165) is 24.2 Å². The van der Waals surface area contributed by atoms with Crippen molar-refractivity contribution < 1.29 is 9.53 Å². The van der Waals surface area contributed by atoms with Crippen LogP contribution in [0.25, 0.3) is 0 Å². The zero-order valence-electron chi connectivity index (χ0n) is 16.0. The first kappa shape index (κ1) is 18.5. The third-order valence-electron chi connectivity index (χ3n) is 5.17. The normalized spacial score (nSPS) is 15.7. The molecule has 26 heavy (non-hydrogen) atoms. The number of fused-ring (bicyclic) bond motifs is 1. The Labute approximate surface area is 156 Å². The van der Waals surface area contributed by atoms with Crippen LogP contribution in [0.3, 0.4) is 0 Å².